The van der Waals surface area contributed by atoms with Gasteiger partial charge in [0.2, 0.25) is 0 Å². The zero-order valence-electron chi connectivity index (χ0n) is 18.6. The first-order valence-electron chi connectivity index (χ1n) is 10.9. The van der Waals surface area contributed by atoms with Crippen LogP contribution in [0.5, 0.6) is 0 Å². The van der Waals surface area contributed by atoms with Crippen LogP contribution in [0.2, 0.25) is 5.02 Å². The molecule has 0 fully saturated rings. The smallest absolute Gasteiger partial charge is 0.145 e. The van der Waals surface area contributed by atoms with E-state index in [1.54, 1.807) is 0 Å². The van der Waals surface area contributed by atoms with Gasteiger partial charge in [-0.15, -0.1) is 0 Å². The second-order valence-corrected chi connectivity index (χ2v) is 9.13. The van der Waals surface area contributed by atoms with Crippen molar-refractivity contribution in [2.75, 3.05) is 26.3 Å². The molecular formula is C25H33ClN2O3. The predicted molar refractivity (Wildman–Crippen MR) is 126 cm³/mol. The highest BCUT2D eigenvalue weighted by Gasteiger charge is 2.26. The summed E-state index contributed by atoms with van der Waals surface area (Å²) in [6, 6.07) is 16.0. The fraction of sp³-hybridized carbons (Fsp3) is 0.480. The number of ether oxygens (including phenoxy) is 1. The van der Waals surface area contributed by atoms with Crippen LogP contribution >= 0.6 is 11.6 Å². The summed E-state index contributed by atoms with van der Waals surface area (Å²) in [5, 5.41) is 15.6. The Morgan fingerprint density at radius 2 is 2.00 bits per heavy atom. The van der Waals surface area contributed by atoms with E-state index in [1.807, 2.05) is 36.4 Å². The molecule has 0 aliphatic carbocycles. The van der Waals surface area contributed by atoms with Crippen LogP contribution in [0.15, 0.2) is 53.7 Å². The monoisotopic (exact) mass is 444 g/mol. The standard InChI is InChI=1S/C25H33ClN2O3/c1-18(2)16-30-17-22(29)14-28(13-20-8-6-9-21(26)11-20)15-23-12-25(27-31-23)24-10-5-4-7-19(24)3/h4-11,18,22-23,29H,12-17H2,1-3H3/t22-,23-/m1/s1. The molecule has 1 aliphatic rings. The minimum absolute atomic E-state index is 0.0578. The highest BCUT2D eigenvalue weighted by molar-refractivity contribution is 6.30. The summed E-state index contributed by atoms with van der Waals surface area (Å²) in [7, 11) is 0. The highest BCUT2D eigenvalue weighted by Crippen LogP contribution is 2.21. The van der Waals surface area contributed by atoms with Crippen molar-refractivity contribution in [3.63, 3.8) is 0 Å². The Balaban J connectivity index is 1.61. The first-order valence-corrected chi connectivity index (χ1v) is 11.3. The molecule has 2 aromatic rings. The zero-order chi connectivity index (χ0) is 22.2. The lowest BCUT2D eigenvalue weighted by Crippen LogP contribution is -2.39. The lowest BCUT2D eigenvalue weighted by atomic mass is 10.00. The molecule has 0 unspecified atom stereocenters. The summed E-state index contributed by atoms with van der Waals surface area (Å²) >= 11 is 6.17. The summed E-state index contributed by atoms with van der Waals surface area (Å²) in [6.45, 7) is 9.07. The maximum atomic E-state index is 10.5. The molecule has 2 atom stereocenters. The molecule has 0 amide bonds. The number of rotatable bonds is 11. The van der Waals surface area contributed by atoms with Gasteiger partial charge in [-0.05, 0) is 36.1 Å². The molecule has 168 valence electrons. The summed E-state index contributed by atoms with van der Waals surface area (Å²) in [5.74, 6) is 0.443. The zero-order valence-corrected chi connectivity index (χ0v) is 19.4. The Morgan fingerprint density at radius 1 is 1.19 bits per heavy atom. The third-order valence-corrected chi connectivity index (χ3v) is 5.41. The van der Waals surface area contributed by atoms with Crippen LogP contribution in [-0.4, -0.2) is 54.2 Å². The van der Waals surface area contributed by atoms with Crippen LogP contribution in [0.1, 0.15) is 37.0 Å². The number of aliphatic hydroxyl groups excluding tert-OH is 1. The Hall–Kier alpha value is -1.92. The number of benzene rings is 2. The minimum atomic E-state index is -0.573. The number of aliphatic hydroxyl groups is 1. The van der Waals surface area contributed by atoms with Gasteiger partial charge in [-0.1, -0.05) is 67.0 Å². The van der Waals surface area contributed by atoms with E-state index in [0.717, 1.165) is 23.3 Å². The Morgan fingerprint density at radius 3 is 2.74 bits per heavy atom. The van der Waals surface area contributed by atoms with Crippen molar-refractivity contribution in [2.24, 2.45) is 11.1 Å². The van der Waals surface area contributed by atoms with Crippen LogP contribution in [0.4, 0.5) is 0 Å². The van der Waals surface area contributed by atoms with Gasteiger partial charge in [0.1, 0.15) is 6.10 Å². The van der Waals surface area contributed by atoms with E-state index in [4.69, 9.17) is 21.2 Å². The number of hydrogen-bond acceptors (Lipinski definition) is 5. The lowest BCUT2D eigenvalue weighted by Gasteiger charge is -2.27. The first kappa shape index (κ1) is 23.7. The van der Waals surface area contributed by atoms with E-state index >= 15 is 0 Å². The van der Waals surface area contributed by atoms with E-state index in [2.05, 4.69) is 43.0 Å². The SMILES string of the molecule is Cc1ccccc1C1=NO[C@@H](CN(Cc2cccc(Cl)c2)C[C@@H](O)COCC(C)C)C1. The third-order valence-electron chi connectivity index (χ3n) is 5.18. The van der Waals surface area contributed by atoms with Gasteiger partial charge in [0.05, 0.1) is 18.4 Å². The quantitative estimate of drug-likeness (QED) is 0.546. The second kappa shape index (κ2) is 11.6. The van der Waals surface area contributed by atoms with Gasteiger partial charge in [0, 0.05) is 43.2 Å². The largest absolute Gasteiger partial charge is 0.390 e. The van der Waals surface area contributed by atoms with Gasteiger partial charge in [-0.3, -0.25) is 4.90 Å². The van der Waals surface area contributed by atoms with Gasteiger partial charge in [-0.25, -0.2) is 0 Å². The molecule has 31 heavy (non-hydrogen) atoms. The number of halogens is 1. The highest BCUT2D eigenvalue weighted by atomic mass is 35.5. The molecule has 0 spiro atoms. The predicted octanol–water partition coefficient (Wildman–Crippen LogP) is 4.68. The van der Waals surface area contributed by atoms with Crippen LogP contribution in [-0.2, 0) is 16.1 Å². The number of oxime groups is 1. The average molecular weight is 445 g/mol. The molecule has 0 aromatic heterocycles. The van der Waals surface area contributed by atoms with Crippen molar-refractivity contribution in [3.05, 3.63) is 70.2 Å². The van der Waals surface area contributed by atoms with Crippen LogP contribution in [0, 0.1) is 12.8 Å². The molecule has 0 saturated heterocycles. The van der Waals surface area contributed by atoms with Crippen LogP contribution in [0.25, 0.3) is 0 Å². The molecule has 0 radical (unpaired) electrons. The fourth-order valence-electron chi connectivity index (χ4n) is 3.76. The van der Waals surface area contributed by atoms with E-state index in [1.165, 1.54) is 5.56 Å². The van der Waals surface area contributed by atoms with Crippen molar-refractivity contribution in [3.8, 4) is 0 Å². The Labute approximate surface area is 190 Å². The lowest BCUT2D eigenvalue weighted by molar-refractivity contribution is -0.00734. The molecule has 5 nitrogen and oxygen atoms in total. The topological polar surface area (TPSA) is 54.3 Å². The van der Waals surface area contributed by atoms with Crippen LogP contribution < -0.4 is 0 Å². The molecule has 0 bridgehead atoms. The van der Waals surface area contributed by atoms with Crippen molar-refractivity contribution < 1.29 is 14.7 Å². The molecule has 0 saturated carbocycles. The van der Waals surface area contributed by atoms with E-state index in [-0.39, 0.29) is 6.10 Å². The van der Waals surface area contributed by atoms with E-state index in [9.17, 15) is 5.11 Å². The van der Waals surface area contributed by atoms with Gasteiger partial charge in [0.15, 0.2) is 0 Å². The van der Waals surface area contributed by atoms with Gasteiger partial charge < -0.3 is 14.7 Å². The molecule has 1 aliphatic heterocycles. The number of aryl methyl sites for hydroxylation is 1. The molecule has 3 rings (SSSR count). The van der Waals surface area contributed by atoms with Gasteiger partial charge >= 0.3 is 0 Å². The molecular weight excluding hydrogens is 412 g/mol. The average Bonchev–Trinajstić information content (AvgIpc) is 3.16. The van der Waals surface area contributed by atoms with Gasteiger partial charge in [0.25, 0.3) is 0 Å². The second-order valence-electron chi connectivity index (χ2n) is 8.69. The fourth-order valence-corrected chi connectivity index (χ4v) is 3.97. The number of nitrogens with zero attached hydrogens (tertiary/aromatic N) is 2. The Bertz CT molecular complexity index is 871. The first-order chi connectivity index (χ1) is 14.9. The Kier molecular flexibility index (Phi) is 8.90. The molecule has 1 N–H and O–H groups in total. The van der Waals surface area contributed by atoms with Gasteiger partial charge in [-0.2, -0.15) is 0 Å². The summed E-state index contributed by atoms with van der Waals surface area (Å²) in [6.07, 6.45) is 0.116. The number of hydrogen-bond donors (Lipinski definition) is 1. The molecule has 6 heteroatoms. The van der Waals surface area contributed by atoms with Crippen molar-refractivity contribution in [1.29, 1.82) is 0 Å². The van der Waals surface area contributed by atoms with Crippen molar-refractivity contribution in [1.82, 2.24) is 4.90 Å². The summed E-state index contributed by atoms with van der Waals surface area (Å²) in [5.41, 5.74) is 4.40. The molecule has 2 aromatic carbocycles. The van der Waals surface area contributed by atoms with Crippen molar-refractivity contribution >= 4 is 17.3 Å². The van der Waals surface area contributed by atoms with Crippen LogP contribution in [0.3, 0.4) is 0 Å². The summed E-state index contributed by atoms with van der Waals surface area (Å²) < 4.78 is 5.63. The third kappa shape index (κ3) is 7.62. The van der Waals surface area contributed by atoms with E-state index < -0.39 is 6.10 Å². The summed E-state index contributed by atoms with van der Waals surface area (Å²) in [4.78, 5) is 7.96. The maximum absolute atomic E-state index is 10.5. The van der Waals surface area contributed by atoms with E-state index in [0.29, 0.717) is 43.8 Å². The minimum Gasteiger partial charge on any atom is -0.390 e. The maximum Gasteiger partial charge on any atom is 0.145 e. The van der Waals surface area contributed by atoms with Crippen molar-refractivity contribution in [2.45, 2.75) is 45.9 Å². The normalized spacial score (nSPS) is 17.1. The molecule has 1 heterocycles.